The van der Waals surface area contributed by atoms with Gasteiger partial charge in [0.1, 0.15) is 5.75 Å². The summed E-state index contributed by atoms with van der Waals surface area (Å²) in [5.41, 5.74) is 1.79. The summed E-state index contributed by atoms with van der Waals surface area (Å²) in [5.74, 6) is 7.12. The van der Waals surface area contributed by atoms with E-state index in [1.807, 2.05) is 54.6 Å². The van der Waals surface area contributed by atoms with Gasteiger partial charge in [0.15, 0.2) is 0 Å². The molecule has 0 heterocycles. The first-order valence-electron chi connectivity index (χ1n) is 8.13. The van der Waals surface area contributed by atoms with Crippen LogP contribution in [0.1, 0.15) is 31.2 Å². The summed E-state index contributed by atoms with van der Waals surface area (Å²) in [5, 5.41) is 4.15. The van der Waals surface area contributed by atoms with Crippen LogP contribution in [0.3, 0.4) is 0 Å². The Morgan fingerprint density at radius 3 is 2.67 bits per heavy atom. The highest BCUT2D eigenvalue weighted by Crippen LogP contribution is 2.20. The Labute approximate surface area is 143 Å². The van der Waals surface area contributed by atoms with Gasteiger partial charge in [-0.05, 0) is 43.5 Å². The lowest BCUT2D eigenvalue weighted by molar-refractivity contribution is 0.305. The van der Waals surface area contributed by atoms with Crippen molar-refractivity contribution < 1.29 is 4.74 Å². The highest BCUT2D eigenvalue weighted by Gasteiger charge is 2.01. The van der Waals surface area contributed by atoms with Gasteiger partial charge >= 0.3 is 0 Å². The lowest BCUT2D eigenvalue weighted by atomic mass is 10.2. The van der Waals surface area contributed by atoms with E-state index in [2.05, 4.69) is 17.1 Å². The number of benzene rings is 2. The van der Waals surface area contributed by atoms with Crippen LogP contribution >= 0.6 is 0 Å². The highest BCUT2D eigenvalue weighted by molar-refractivity contribution is 5.49. The number of unbranched alkanes of at least 4 members (excludes halogenated alkanes) is 3. The molecule has 4 nitrogen and oxygen atoms in total. The molecule has 0 bridgehead atoms. The smallest absolute Gasteiger partial charge is 0.121 e. The van der Waals surface area contributed by atoms with Gasteiger partial charge in [-0.1, -0.05) is 36.1 Å². The largest absolute Gasteiger partial charge is 0.494 e. The van der Waals surface area contributed by atoms with Gasteiger partial charge in [0.2, 0.25) is 0 Å². The molecule has 2 aromatic carbocycles. The standard InChI is InChI=1S/C20H22N2O2/c1-22(21-23)19-14-10-15-20(17-19)24-16-9-4-2-3-6-11-18-12-7-5-8-13-18/h5,7-8,10,12-15,17H,2-4,9,16H2,1H3. The van der Waals surface area contributed by atoms with Crippen LogP contribution in [0.4, 0.5) is 5.69 Å². The van der Waals surface area contributed by atoms with Crippen LogP contribution in [-0.4, -0.2) is 13.7 Å². The molecule has 2 rings (SSSR count). The fraction of sp³-hybridized carbons (Fsp3) is 0.300. The Bertz CT molecular complexity index is 690. The second-order valence-electron chi connectivity index (χ2n) is 5.43. The third-order valence-electron chi connectivity index (χ3n) is 3.54. The third-order valence-corrected chi connectivity index (χ3v) is 3.54. The minimum atomic E-state index is 0.661. The molecule has 0 atom stereocenters. The maximum absolute atomic E-state index is 10.5. The molecule has 0 aromatic heterocycles. The Kier molecular flexibility index (Phi) is 7.36. The maximum atomic E-state index is 10.5. The Morgan fingerprint density at radius 1 is 1.04 bits per heavy atom. The zero-order valence-corrected chi connectivity index (χ0v) is 13.9. The van der Waals surface area contributed by atoms with Gasteiger partial charge in [0.25, 0.3) is 0 Å². The van der Waals surface area contributed by atoms with E-state index in [-0.39, 0.29) is 0 Å². The van der Waals surface area contributed by atoms with Gasteiger partial charge in [0.05, 0.1) is 17.6 Å². The van der Waals surface area contributed by atoms with Crippen molar-refractivity contribution in [1.29, 1.82) is 0 Å². The van der Waals surface area contributed by atoms with Crippen molar-refractivity contribution in [3.63, 3.8) is 0 Å². The van der Waals surface area contributed by atoms with Crippen molar-refractivity contribution in [2.24, 2.45) is 5.29 Å². The molecule has 4 heteroatoms. The lowest BCUT2D eigenvalue weighted by Crippen LogP contribution is -2.06. The first kappa shape index (κ1) is 17.6. The van der Waals surface area contributed by atoms with Crippen LogP contribution in [0, 0.1) is 16.7 Å². The number of nitroso groups, excluding NO2 is 1. The molecule has 0 aliphatic rings. The molecule has 0 saturated carbocycles. The van der Waals surface area contributed by atoms with Crippen LogP contribution in [0.25, 0.3) is 0 Å². The average Bonchev–Trinajstić information content (AvgIpc) is 2.64. The molecular weight excluding hydrogens is 300 g/mol. The van der Waals surface area contributed by atoms with Gasteiger partial charge in [-0.3, -0.25) is 0 Å². The van der Waals surface area contributed by atoms with Gasteiger partial charge in [-0.15, -0.1) is 4.91 Å². The van der Waals surface area contributed by atoms with Crippen LogP contribution in [-0.2, 0) is 0 Å². The van der Waals surface area contributed by atoms with Crippen molar-refractivity contribution >= 4 is 5.69 Å². The van der Waals surface area contributed by atoms with E-state index in [9.17, 15) is 4.91 Å². The van der Waals surface area contributed by atoms with Crippen LogP contribution < -0.4 is 9.75 Å². The van der Waals surface area contributed by atoms with E-state index >= 15 is 0 Å². The zero-order chi connectivity index (χ0) is 17.0. The zero-order valence-electron chi connectivity index (χ0n) is 13.9. The van der Waals surface area contributed by atoms with E-state index in [0.29, 0.717) is 6.61 Å². The van der Waals surface area contributed by atoms with Crippen molar-refractivity contribution in [2.75, 3.05) is 18.7 Å². The fourth-order valence-corrected chi connectivity index (χ4v) is 2.19. The fourth-order valence-electron chi connectivity index (χ4n) is 2.19. The number of rotatable bonds is 8. The molecule has 0 amide bonds. The predicted molar refractivity (Wildman–Crippen MR) is 97.9 cm³/mol. The Hall–Kier alpha value is -2.80. The third kappa shape index (κ3) is 6.13. The molecule has 0 aliphatic heterocycles. The molecular formula is C20H22N2O2. The normalized spacial score (nSPS) is 9.71. The molecule has 24 heavy (non-hydrogen) atoms. The van der Waals surface area contributed by atoms with E-state index < -0.39 is 0 Å². The van der Waals surface area contributed by atoms with Crippen LogP contribution in [0.2, 0.25) is 0 Å². The maximum Gasteiger partial charge on any atom is 0.121 e. The molecule has 124 valence electrons. The first-order chi connectivity index (χ1) is 11.8. The number of anilines is 1. The second kappa shape index (κ2) is 10.1. The minimum absolute atomic E-state index is 0.661. The molecule has 0 fully saturated rings. The molecule has 2 aromatic rings. The molecule has 0 spiro atoms. The molecule has 0 saturated heterocycles. The van der Waals surface area contributed by atoms with Crippen LogP contribution in [0.5, 0.6) is 5.75 Å². The predicted octanol–water partition coefficient (Wildman–Crippen LogP) is 4.80. The molecule has 0 radical (unpaired) electrons. The van der Waals surface area contributed by atoms with Crippen molar-refractivity contribution in [1.82, 2.24) is 0 Å². The first-order valence-corrected chi connectivity index (χ1v) is 8.13. The lowest BCUT2D eigenvalue weighted by Gasteiger charge is -2.11. The highest BCUT2D eigenvalue weighted by atomic mass is 16.5. The number of ether oxygens (including phenoxy) is 1. The summed E-state index contributed by atoms with van der Waals surface area (Å²) in [6, 6.07) is 17.4. The summed E-state index contributed by atoms with van der Waals surface area (Å²) in [6.45, 7) is 0.661. The number of hydrogen-bond donors (Lipinski definition) is 0. The number of nitrogens with zero attached hydrogens (tertiary/aromatic N) is 2. The van der Waals surface area contributed by atoms with Gasteiger partial charge in [0, 0.05) is 25.1 Å². The monoisotopic (exact) mass is 322 g/mol. The summed E-state index contributed by atoms with van der Waals surface area (Å²) < 4.78 is 5.71. The van der Waals surface area contributed by atoms with Gasteiger partial charge < -0.3 is 4.74 Å². The van der Waals surface area contributed by atoms with Gasteiger partial charge in [-0.25, -0.2) is 5.01 Å². The van der Waals surface area contributed by atoms with E-state index in [0.717, 1.165) is 42.7 Å². The van der Waals surface area contributed by atoms with E-state index in [4.69, 9.17) is 4.74 Å². The van der Waals surface area contributed by atoms with Crippen molar-refractivity contribution in [3.8, 4) is 17.6 Å². The van der Waals surface area contributed by atoms with Gasteiger partial charge in [-0.2, -0.15) is 0 Å². The second-order valence-corrected chi connectivity index (χ2v) is 5.43. The minimum Gasteiger partial charge on any atom is -0.494 e. The van der Waals surface area contributed by atoms with E-state index in [1.165, 1.54) is 5.01 Å². The SMILES string of the molecule is CN(N=O)c1cccc(OCCCCCC#Cc2ccccc2)c1. The van der Waals surface area contributed by atoms with Crippen LogP contribution in [0.15, 0.2) is 59.9 Å². The summed E-state index contributed by atoms with van der Waals surface area (Å²) in [7, 11) is 1.61. The molecule has 0 N–H and O–H groups in total. The number of hydrogen-bond acceptors (Lipinski definition) is 3. The quantitative estimate of drug-likeness (QED) is 0.303. The van der Waals surface area contributed by atoms with Crippen molar-refractivity contribution in [2.45, 2.75) is 25.7 Å². The summed E-state index contributed by atoms with van der Waals surface area (Å²) in [4.78, 5) is 10.5. The molecule has 0 aliphatic carbocycles. The summed E-state index contributed by atoms with van der Waals surface area (Å²) in [6.07, 6.45) is 4.04. The molecule has 0 unspecified atom stereocenters. The Balaban J connectivity index is 1.62. The topological polar surface area (TPSA) is 41.9 Å². The van der Waals surface area contributed by atoms with Crippen molar-refractivity contribution in [3.05, 3.63) is 65.1 Å². The Morgan fingerprint density at radius 2 is 1.88 bits per heavy atom. The average molecular weight is 322 g/mol. The summed E-state index contributed by atoms with van der Waals surface area (Å²) >= 11 is 0. The van der Waals surface area contributed by atoms with E-state index in [1.54, 1.807) is 7.05 Å².